The molecule has 0 unspecified atom stereocenters. The highest BCUT2D eigenvalue weighted by Gasteiger charge is 2.00. The van der Waals surface area contributed by atoms with Gasteiger partial charge in [-0.05, 0) is 18.4 Å². The number of benzene rings is 1. The van der Waals surface area contributed by atoms with Gasteiger partial charge in [0.25, 0.3) is 0 Å². The van der Waals surface area contributed by atoms with Gasteiger partial charge in [-0.1, -0.05) is 88.6 Å². The van der Waals surface area contributed by atoms with Crippen LogP contribution >= 0.6 is 0 Å². The van der Waals surface area contributed by atoms with Gasteiger partial charge in [0.05, 0.1) is 0 Å². The topological polar surface area (TPSA) is 29.1 Å². The predicted molar refractivity (Wildman–Crippen MR) is 95.0 cm³/mol. The van der Waals surface area contributed by atoms with Crippen LogP contribution in [0.4, 0.5) is 0 Å². The average molecular weight is 303 g/mol. The molecule has 0 aliphatic heterocycles. The Labute approximate surface area is 136 Å². The Bertz CT molecular complexity index is 375. The van der Waals surface area contributed by atoms with E-state index in [1.807, 2.05) is 18.2 Å². The molecule has 1 N–H and O–H groups in total. The summed E-state index contributed by atoms with van der Waals surface area (Å²) in [5.74, 6) is 0.207. The standard InChI is InChI=1S/C20H33NO/c1-2-3-4-5-6-7-8-9-13-16-20(22)21-18-17-19-14-11-10-12-15-19/h10-12,14-15H,2-9,13,16-18H2,1H3,(H,21,22). The zero-order valence-electron chi connectivity index (χ0n) is 14.3. The van der Waals surface area contributed by atoms with Crippen molar-refractivity contribution in [1.82, 2.24) is 5.32 Å². The van der Waals surface area contributed by atoms with Crippen molar-refractivity contribution in [1.29, 1.82) is 0 Å². The lowest BCUT2D eigenvalue weighted by molar-refractivity contribution is -0.121. The maximum absolute atomic E-state index is 11.7. The second-order valence-corrected chi connectivity index (χ2v) is 6.16. The van der Waals surface area contributed by atoms with Gasteiger partial charge in [0, 0.05) is 13.0 Å². The monoisotopic (exact) mass is 303 g/mol. The van der Waals surface area contributed by atoms with Gasteiger partial charge in [0.2, 0.25) is 5.91 Å². The zero-order valence-corrected chi connectivity index (χ0v) is 14.3. The Balaban J connectivity index is 1.87. The summed E-state index contributed by atoms with van der Waals surface area (Å²) in [6, 6.07) is 10.3. The van der Waals surface area contributed by atoms with Crippen LogP contribution in [0.1, 0.15) is 76.7 Å². The first-order valence-electron chi connectivity index (χ1n) is 9.13. The molecule has 0 spiro atoms. The molecule has 0 radical (unpaired) electrons. The molecule has 0 fully saturated rings. The molecule has 1 aromatic rings. The van der Waals surface area contributed by atoms with Crippen LogP contribution in [0.15, 0.2) is 30.3 Å². The van der Waals surface area contributed by atoms with E-state index in [2.05, 4.69) is 24.4 Å². The van der Waals surface area contributed by atoms with Crippen molar-refractivity contribution in [2.24, 2.45) is 0 Å². The van der Waals surface area contributed by atoms with Gasteiger partial charge < -0.3 is 5.32 Å². The van der Waals surface area contributed by atoms with E-state index >= 15 is 0 Å². The average Bonchev–Trinajstić information content (AvgIpc) is 2.54. The Morgan fingerprint density at radius 2 is 1.45 bits per heavy atom. The molecule has 0 aliphatic carbocycles. The van der Waals surface area contributed by atoms with Gasteiger partial charge in [-0.3, -0.25) is 4.79 Å². The Morgan fingerprint density at radius 1 is 0.864 bits per heavy atom. The maximum Gasteiger partial charge on any atom is 0.220 e. The van der Waals surface area contributed by atoms with Crippen molar-refractivity contribution in [3.8, 4) is 0 Å². The number of nitrogens with one attached hydrogen (secondary N) is 1. The van der Waals surface area contributed by atoms with Crippen molar-refractivity contribution in [2.45, 2.75) is 77.6 Å². The van der Waals surface area contributed by atoms with Crippen LogP contribution in [0.2, 0.25) is 0 Å². The Hall–Kier alpha value is -1.31. The zero-order chi connectivity index (χ0) is 15.9. The van der Waals surface area contributed by atoms with E-state index < -0.39 is 0 Å². The van der Waals surface area contributed by atoms with Crippen LogP contribution in [-0.2, 0) is 11.2 Å². The normalized spacial score (nSPS) is 10.6. The predicted octanol–water partition coefficient (Wildman–Crippen LogP) is 5.27. The lowest BCUT2D eigenvalue weighted by Crippen LogP contribution is -2.25. The first-order chi connectivity index (χ1) is 10.8. The molecule has 0 heterocycles. The van der Waals surface area contributed by atoms with Crippen LogP contribution < -0.4 is 5.32 Å². The number of carbonyl (C=O) groups excluding carboxylic acids is 1. The van der Waals surface area contributed by atoms with Gasteiger partial charge in [0.15, 0.2) is 0 Å². The summed E-state index contributed by atoms with van der Waals surface area (Å²) in [6.07, 6.45) is 13.3. The van der Waals surface area contributed by atoms with Crippen LogP contribution in [0.3, 0.4) is 0 Å². The number of unbranched alkanes of at least 4 members (excludes halogenated alkanes) is 8. The molecule has 0 saturated carbocycles. The molecule has 1 amide bonds. The molecule has 1 rings (SSSR count). The smallest absolute Gasteiger partial charge is 0.220 e. The number of carbonyl (C=O) groups is 1. The summed E-state index contributed by atoms with van der Waals surface area (Å²) < 4.78 is 0. The van der Waals surface area contributed by atoms with Crippen molar-refractivity contribution in [3.63, 3.8) is 0 Å². The van der Waals surface area contributed by atoms with E-state index in [1.54, 1.807) is 0 Å². The summed E-state index contributed by atoms with van der Waals surface area (Å²) in [5.41, 5.74) is 1.28. The highest BCUT2D eigenvalue weighted by atomic mass is 16.1. The lowest BCUT2D eigenvalue weighted by atomic mass is 10.1. The molecule has 2 nitrogen and oxygen atoms in total. The first kappa shape index (κ1) is 18.7. The fourth-order valence-electron chi connectivity index (χ4n) is 2.68. The van der Waals surface area contributed by atoms with E-state index in [0.717, 1.165) is 19.4 Å². The van der Waals surface area contributed by atoms with Crippen molar-refractivity contribution < 1.29 is 4.79 Å². The SMILES string of the molecule is CCCCCCCCCCCC(=O)NCCc1ccccc1. The molecule has 0 aromatic heterocycles. The maximum atomic E-state index is 11.7. The largest absolute Gasteiger partial charge is 0.356 e. The lowest BCUT2D eigenvalue weighted by Gasteiger charge is -2.05. The molecule has 1 aromatic carbocycles. The molecular weight excluding hydrogens is 270 g/mol. The molecule has 22 heavy (non-hydrogen) atoms. The molecule has 0 atom stereocenters. The van der Waals surface area contributed by atoms with Crippen molar-refractivity contribution in [3.05, 3.63) is 35.9 Å². The van der Waals surface area contributed by atoms with Gasteiger partial charge >= 0.3 is 0 Å². The number of hydrogen-bond donors (Lipinski definition) is 1. The Kier molecular flexibility index (Phi) is 11.4. The van der Waals surface area contributed by atoms with E-state index in [4.69, 9.17) is 0 Å². The minimum absolute atomic E-state index is 0.207. The van der Waals surface area contributed by atoms with Crippen molar-refractivity contribution in [2.75, 3.05) is 6.54 Å². The van der Waals surface area contributed by atoms with Crippen LogP contribution in [-0.4, -0.2) is 12.5 Å². The highest BCUT2D eigenvalue weighted by molar-refractivity contribution is 5.75. The third-order valence-electron chi connectivity index (χ3n) is 4.09. The van der Waals surface area contributed by atoms with Crippen LogP contribution in [0.5, 0.6) is 0 Å². The number of hydrogen-bond acceptors (Lipinski definition) is 1. The quantitative estimate of drug-likeness (QED) is 0.494. The fourth-order valence-corrected chi connectivity index (χ4v) is 2.68. The van der Waals surface area contributed by atoms with Gasteiger partial charge in [-0.15, -0.1) is 0 Å². The van der Waals surface area contributed by atoms with Crippen LogP contribution in [0, 0.1) is 0 Å². The minimum atomic E-state index is 0.207. The molecule has 0 saturated heterocycles. The van der Waals surface area contributed by atoms with Gasteiger partial charge in [-0.25, -0.2) is 0 Å². The number of rotatable bonds is 13. The van der Waals surface area contributed by atoms with E-state index in [1.165, 1.54) is 56.9 Å². The molecule has 124 valence electrons. The third kappa shape index (κ3) is 10.4. The molecular formula is C20H33NO. The summed E-state index contributed by atoms with van der Waals surface area (Å²) >= 11 is 0. The summed E-state index contributed by atoms with van der Waals surface area (Å²) in [4.78, 5) is 11.7. The highest BCUT2D eigenvalue weighted by Crippen LogP contribution is 2.10. The molecule has 0 aliphatic rings. The third-order valence-corrected chi connectivity index (χ3v) is 4.09. The first-order valence-corrected chi connectivity index (χ1v) is 9.13. The number of amides is 1. The summed E-state index contributed by atoms with van der Waals surface area (Å²) in [6.45, 7) is 3.01. The summed E-state index contributed by atoms with van der Waals surface area (Å²) in [7, 11) is 0. The van der Waals surface area contributed by atoms with E-state index in [9.17, 15) is 4.79 Å². The molecule has 0 bridgehead atoms. The fraction of sp³-hybridized carbons (Fsp3) is 0.650. The van der Waals surface area contributed by atoms with E-state index in [-0.39, 0.29) is 5.91 Å². The molecule has 2 heteroatoms. The van der Waals surface area contributed by atoms with Crippen LogP contribution in [0.25, 0.3) is 0 Å². The summed E-state index contributed by atoms with van der Waals surface area (Å²) in [5, 5.41) is 3.02. The van der Waals surface area contributed by atoms with E-state index in [0.29, 0.717) is 6.42 Å². The van der Waals surface area contributed by atoms with Crippen molar-refractivity contribution >= 4 is 5.91 Å². The van der Waals surface area contributed by atoms with Gasteiger partial charge in [-0.2, -0.15) is 0 Å². The van der Waals surface area contributed by atoms with Gasteiger partial charge in [0.1, 0.15) is 0 Å². The Morgan fingerprint density at radius 3 is 2.09 bits per heavy atom. The second kappa shape index (κ2) is 13.4. The minimum Gasteiger partial charge on any atom is -0.356 e. The second-order valence-electron chi connectivity index (χ2n) is 6.16.